The fourth-order valence-corrected chi connectivity index (χ4v) is 3.66. The number of hydrogen-bond donors (Lipinski definition) is 1. The van der Waals surface area contributed by atoms with Gasteiger partial charge >= 0.3 is 0 Å². The van der Waals surface area contributed by atoms with Crippen LogP contribution in [-0.4, -0.2) is 49.1 Å². The quantitative estimate of drug-likeness (QED) is 0.683. The number of rotatable bonds is 8. The van der Waals surface area contributed by atoms with E-state index in [0.717, 1.165) is 6.54 Å². The van der Waals surface area contributed by atoms with Crippen LogP contribution in [0.5, 0.6) is 0 Å². The number of nitrogens with zero attached hydrogens (tertiary/aromatic N) is 1. The van der Waals surface area contributed by atoms with E-state index in [9.17, 15) is 0 Å². The summed E-state index contributed by atoms with van der Waals surface area (Å²) in [5.74, 6) is 2.68. The minimum Gasteiger partial charge on any atom is -0.316 e. The normalized spacial score (nSPS) is 18.8. The maximum Gasteiger partial charge on any atom is 0.00726 e. The molecule has 0 aromatic heterocycles. The molecule has 3 heteroatoms. The van der Waals surface area contributed by atoms with Gasteiger partial charge in [-0.1, -0.05) is 20.8 Å². The van der Waals surface area contributed by atoms with E-state index in [1.807, 2.05) is 0 Å². The minimum absolute atomic E-state index is 0.490. The molecule has 0 unspecified atom stereocenters. The van der Waals surface area contributed by atoms with Gasteiger partial charge in [-0.3, -0.25) is 0 Å². The highest BCUT2D eigenvalue weighted by atomic mass is 32.2. The van der Waals surface area contributed by atoms with Crippen LogP contribution >= 0.6 is 11.8 Å². The van der Waals surface area contributed by atoms with Crippen molar-refractivity contribution in [3.05, 3.63) is 0 Å². The van der Waals surface area contributed by atoms with Crippen LogP contribution in [0.4, 0.5) is 0 Å². The summed E-state index contributed by atoms with van der Waals surface area (Å²) < 4.78 is 0. The highest BCUT2D eigenvalue weighted by molar-refractivity contribution is 7.99. The first-order valence-corrected chi connectivity index (χ1v) is 8.92. The minimum atomic E-state index is 0.490. The predicted octanol–water partition coefficient (Wildman–Crippen LogP) is 3.23. The summed E-state index contributed by atoms with van der Waals surface area (Å²) in [6.07, 6.45) is 5.20. The van der Waals surface area contributed by atoms with E-state index in [4.69, 9.17) is 0 Å². The predicted molar refractivity (Wildman–Crippen MR) is 84.6 cm³/mol. The second-order valence-corrected chi connectivity index (χ2v) is 6.85. The molecule has 0 amide bonds. The standard InChI is InChI=1S/C15H32N2S/c1-4-8-16-13-15(5-2,6-3)14-17-9-7-11-18-12-10-17/h16H,4-14H2,1-3H3. The maximum absolute atomic E-state index is 3.65. The van der Waals surface area contributed by atoms with Gasteiger partial charge in [0.05, 0.1) is 0 Å². The summed E-state index contributed by atoms with van der Waals surface area (Å²) in [4.78, 5) is 2.71. The Kier molecular flexibility index (Phi) is 8.36. The van der Waals surface area contributed by atoms with Gasteiger partial charge in [0.15, 0.2) is 0 Å². The van der Waals surface area contributed by atoms with Crippen molar-refractivity contribution in [2.75, 3.05) is 44.2 Å². The molecular weight excluding hydrogens is 240 g/mol. The Morgan fingerprint density at radius 1 is 1.11 bits per heavy atom. The molecule has 0 spiro atoms. The van der Waals surface area contributed by atoms with E-state index in [2.05, 4.69) is 42.7 Å². The Hall–Kier alpha value is 0.270. The van der Waals surface area contributed by atoms with Crippen molar-refractivity contribution in [1.82, 2.24) is 10.2 Å². The van der Waals surface area contributed by atoms with E-state index in [1.165, 1.54) is 63.4 Å². The van der Waals surface area contributed by atoms with Crippen LogP contribution in [0.1, 0.15) is 46.5 Å². The molecule has 108 valence electrons. The van der Waals surface area contributed by atoms with Crippen molar-refractivity contribution in [2.45, 2.75) is 46.5 Å². The molecule has 18 heavy (non-hydrogen) atoms. The zero-order valence-electron chi connectivity index (χ0n) is 12.6. The van der Waals surface area contributed by atoms with Crippen molar-refractivity contribution < 1.29 is 0 Å². The number of nitrogens with one attached hydrogen (secondary N) is 1. The molecule has 0 aliphatic carbocycles. The summed E-state index contributed by atoms with van der Waals surface area (Å²) in [5, 5.41) is 3.65. The molecule has 1 N–H and O–H groups in total. The molecule has 1 fully saturated rings. The summed E-state index contributed by atoms with van der Waals surface area (Å²) in [6.45, 7) is 13.2. The van der Waals surface area contributed by atoms with E-state index in [0.29, 0.717) is 5.41 Å². The van der Waals surface area contributed by atoms with Gasteiger partial charge in [0, 0.05) is 25.4 Å². The van der Waals surface area contributed by atoms with E-state index in [-0.39, 0.29) is 0 Å². The average molecular weight is 273 g/mol. The summed E-state index contributed by atoms with van der Waals surface area (Å²) >= 11 is 2.12. The SMILES string of the molecule is CCCNCC(CC)(CC)CN1CCCSCC1. The Bertz CT molecular complexity index is 197. The second-order valence-electron chi connectivity index (χ2n) is 5.63. The molecule has 0 aromatic rings. The van der Waals surface area contributed by atoms with Crippen LogP contribution in [0.15, 0.2) is 0 Å². The summed E-state index contributed by atoms with van der Waals surface area (Å²) in [7, 11) is 0. The lowest BCUT2D eigenvalue weighted by atomic mass is 9.81. The van der Waals surface area contributed by atoms with Gasteiger partial charge in [-0.15, -0.1) is 0 Å². The van der Waals surface area contributed by atoms with Crippen LogP contribution < -0.4 is 5.32 Å². The molecule has 1 aliphatic heterocycles. The Labute approximate surface area is 118 Å². The third-order valence-corrected chi connectivity index (χ3v) is 5.35. The van der Waals surface area contributed by atoms with Gasteiger partial charge in [0.1, 0.15) is 0 Å². The maximum atomic E-state index is 3.65. The van der Waals surface area contributed by atoms with Crippen molar-refractivity contribution in [3.8, 4) is 0 Å². The average Bonchev–Trinajstić information content (AvgIpc) is 2.66. The molecule has 0 saturated carbocycles. The van der Waals surface area contributed by atoms with E-state index >= 15 is 0 Å². The van der Waals surface area contributed by atoms with Crippen molar-refractivity contribution in [2.24, 2.45) is 5.41 Å². The molecule has 0 bridgehead atoms. The van der Waals surface area contributed by atoms with Crippen molar-refractivity contribution >= 4 is 11.8 Å². The lowest BCUT2D eigenvalue weighted by molar-refractivity contribution is 0.141. The fraction of sp³-hybridized carbons (Fsp3) is 1.00. The highest BCUT2D eigenvalue weighted by Crippen LogP contribution is 2.27. The Balaban J connectivity index is 2.47. The molecule has 1 rings (SSSR count). The lowest BCUT2D eigenvalue weighted by Crippen LogP contribution is -2.44. The molecule has 0 atom stereocenters. The fourth-order valence-electron chi connectivity index (χ4n) is 2.74. The first kappa shape index (κ1) is 16.3. The molecule has 0 aromatic carbocycles. The van der Waals surface area contributed by atoms with Gasteiger partial charge in [-0.2, -0.15) is 11.8 Å². The third kappa shape index (κ3) is 5.50. The van der Waals surface area contributed by atoms with Gasteiger partial charge in [-0.05, 0) is 49.9 Å². The second kappa shape index (κ2) is 9.22. The van der Waals surface area contributed by atoms with Crippen LogP contribution in [0.2, 0.25) is 0 Å². The highest BCUT2D eigenvalue weighted by Gasteiger charge is 2.28. The Morgan fingerprint density at radius 3 is 2.56 bits per heavy atom. The molecule has 1 saturated heterocycles. The van der Waals surface area contributed by atoms with E-state index in [1.54, 1.807) is 0 Å². The van der Waals surface area contributed by atoms with Crippen LogP contribution in [0, 0.1) is 5.41 Å². The van der Waals surface area contributed by atoms with Crippen LogP contribution in [0.3, 0.4) is 0 Å². The molecule has 1 heterocycles. The molecule has 1 aliphatic rings. The number of hydrogen-bond acceptors (Lipinski definition) is 3. The molecule has 0 radical (unpaired) electrons. The van der Waals surface area contributed by atoms with Gasteiger partial charge < -0.3 is 10.2 Å². The lowest BCUT2D eigenvalue weighted by Gasteiger charge is -2.37. The monoisotopic (exact) mass is 272 g/mol. The molecular formula is C15H32N2S. The molecule has 2 nitrogen and oxygen atoms in total. The van der Waals surface area contributed by atoms with Gasteiger partial charge in [-0.25, -0.2) is 0 Å². The van der Waals surface area contributed by atoms with Crippen molar-refractivity contribution in [3.63, 3.8) is 0 Å². The first-order valence-electron chi connectivity index (χ1n) is 7.77. The Morgan fingerprint density at radius 2 is 1.89 bits per heavy atom. The van der Waals surface area contributed by atoms with Crippen LogP contribution in [-0.2, 0) is 0 Å². The van der Waals surface area contributed by atoms with E-state index < -0.39 is 0 Å². The number of thioether (sulfide) groups is 1. The van der Waals surface area contributed by atoms with Gasteiger partial charge in [0.25, 0.3) is 0 Å². The first-order chi connectivity index (χ1) is 8.76. The summed E-state index contributed by atoms with van der Waals surface area (Å²) in [5.41, 5.74) is 0.490. The van der Waals surface area contributed by atoms with Crippen LogP contribution in [0.25, 0.3) is 0 Å². The topological polar surface area (TPSA) is 15.3 Å². The van der Waals surface area contributed by atoms with Gasteiger partial charge in [0.2, 0.25) is 0 Å². The zero-order chi connectivity index (χ0) is 13.3. The zero-order valence-corrected chi connectivity index (χ0v) is 13.5. The van der Waals surface area contributed by atoms with Crippen molar-refractivity contribution in [1.29, 1.82) is 0 Å². The summed E-state index contributed by atoms with van der Waals surface area (Å²) in [6, 6.07) is 0. The third-order valence-electron chi connectivity index (χ3n) is 4.30. The smallest absolute Gasteiger partial charge is 0.00726 e. The largest absolute Gasteiger partial charge is 0.316 e.